The van der Waals surface area contributed by atoms with Gasteiger partial charge in [0.25, 0.3) is 5.91 Å². The summed E-state index contributed by atoms with van der Waals surface area (Å²) in [6.07, 6.45) is 3.70. The van der Waals surface area contributed by atoms with E-state index >= 15 is 0 Å². The highest BCUT2D eigenvalue weighted by Crippen LogP contribution is 2.21. The molecule has 0 bridgehead atoms. The molecule has 108 valence electrons. The minimum absolute atomic E-state index is 0.155. The normalized spacial score (nSPS) is 10.8. The molecule has 0 saturated heterocycles. The highest BCUT2D eigenvalue weighted by molar-refractivity contribution is 7.16. The van der Waals surface area contributed by atoms with Gasteiger partial charge in [0.2, 0.25) is 0 Å². The third kappa shape index (κ3) is 4.11. The quantitative estimate of drug-likeness (QED) is 0.845. The maximum absolute atomic E-state index is 13.6. The smallest absolute Gasteiger partial charge is 0.328 e. The van der Waals surface area contributed by atoms with Gasteiger partial charge in [0.1, 0.15) is 5.82 Å². The largest absolute Gasteiger partial charge is 0.478 e. The van der Waals surface area contributed by atoms with Crippen LogP contribution >= 0.6 is 22.9 Å². The summed E-state index contributed by atoms with van der Waals surface area (Å²) in [7, 11) is 0. The third-order valence-electron chi connectivity index (χ3n) is 2.31. The Labute approximate surface area is 127 Å². The summed E-state index contributed by atoms with van der Waals surface area (Å²) in [6.45, 7) is 0. The number of aromatic nitrogens is 1. The molecule has 1 aromatic carbocycles. The van der Waals surface area contributed by atoms with Crippen molar-refractivity contribution in [1.29, 1.82) is 0 Å². The Morgan fingerprint density at radius 2 is 2.19 bits per heavy atom. The number of carboxylic acids is 1. The minimum atomic E-state index is -1.09. The van der Waals surface area contributed by atoms with Crippen molar-refractivity contribution in [3.8, 4) is 0 Å². The molecule has 0 saturated carbocycles. The molecule has 1 heterocycles. The van der Waals surface area contributed by atoms with E-state index in [9.17, 15) is 14.0 Å². The second kappa shape index (κ2) is 6.47. The number of amides is 1. The minimum Gasteiger partial charge on any atom is -0.478 e. The molecule has 0 aliphatic carbocycles. The van der Waals surface area contributed by atoms with E-state index in [1.54, 1.807) is 0 Å². The van der Waals surface area contributed by atoms with Crippen LogP contribution in [-0.4, -0.2) is 22.0 Å². The van der Waals surface area contributed by atoms with Gasteiger partial charge in [0, 0.05) is 22.2 Å². The van der Waals surface area contributed by atoms with Crippen LogP contribution in [0, 0.1) is 5.82 Å². The zero-order valence-corrected chi connectivity index (χ0v) is 11.9. The second-order valence-electron chi connectivity index (χ2n) is 3.82. The van der Waals surface area contributed by atoms with E-state index in [0.717, 1.165) is 23.5 Å². The van der Waals surface area contributed by atoms with E-state index in [1.165, 1.54) is 24.4 Å². The number of carbonyl (C=O) groups excluding carboxylic acids is 1. The van der Waals surface area contributed by atoms with E-state index in [4.69, 9.17) is 16.7 Å². The first-order valence-corrected chi connectivity index (χ1v) is 6.78. The molecule has 0 radical (unpaired) electrons. The second-order valence-corrected chi connectivity index (χ2v) is 5.32. The number of nitrogens with zero attached hydrogens (tertiary/aromatic N) is 1. The lowest BCUT2D eigenvalue weighted by Crippen LogP contribution is -2.13. The number of benzene rings is 1. The van der Waals surface area contributed by atoms with E-state index in [-0.39, 0.29) is 15.7 Å². The number of carbonyl (C=O) groups is 2. The van der Waals surface area contributed by atoms with Crippen LogP contribution in [0.1, 0.15) is 15.2 Å². The summed E-state index contributed by atoms with van der Waals surface area (Å²) in [4.78, 5) is 26.7. The molecule has 8 heteroatoms. The maximum atomic E-state index is 13.6. The number of aliphatic carboxylic acids is 1. The molecule has 0 atom stereocenters. The average Bonchev–Trinajstić information content (AvgIpc) is 2.83. The predicted molar refractivity (Wildman–Crippen MR) is 78.1 cm³/mol. The molecule has 2 aromatic rings. The summed E-state index contributed by atoms with van der Waals surface area (Å²) in [5, 5.41) is 11.4. The van der Waals surface area contributed by atoms with E-state index < -0.39 is 17.7 Å². The third-order valence-corrected chi connectivity index (χ3v) is 3.42. The molecule has 5 nitrogen and oxygen atoms in total. The fraction of sp³-hybridized carbons (Fsp3) is 0. The van der Waals surface area contributed by atoms with Crippen LogP contribution in [0.4, 0.5) is 9.52 Å². The number of carboxylic acid groups (broad SMARTS) is 1. The monoisotopic (exact) mass is 326 g/mol. The van der Waals surface area contributed by atoms with Gasteiger partial charge in [-0.05, 0) is 24.3 Å². The first kappa shape index (κ1) is 15.1. The van der Waals surface area contributed by atoms with Crippen LogP contribution in [-0.2, 0) is 4.79 Å². The Bertz CT molecular complexity index is 730. The fourth-order valence-electron chi connectivity index (χ4n) is 1.41. The molecule has 1 aromatic heterocycles. The zero-order valence-electron chi connectivity index (χ0n) is 10.3. The highest BCUT2D eigenvalue weighted by Gasteiger charge is 2.13. The lowest BCUT2D eigenvalue weighted by molar-refractivity contribution is -0.131. The lowest BCUT2D eigenvalue weighted by Gasteiger charge is -2.03. The average molecular weight is 327 g/mol. The van der Waals surface area contributed by atoms with Crippen LogP contribution in [0.25, 0.3) is 6.08 Å². The van der Waals surface area contributed by atoms with Crippen molar-refractivity contribution < 1.29 is 19.1 Å². The van der Waals surface area contributed by atoms with Gasteiger partial charge < -0.3 is 5.11 Å². The zero-order chi connectivity index (χ0) is 15.4. The Morgan fingerprint density at radius 1 is 1.43 bits per heavy atom. The number of thiazole rings is 1. The van der Waals surface area contributed by atoms with Crippen molar-refractivity contribution in [2.45, 2.75) is 0 Å². The first-order chi connectivity index (χ1) is 9.95. The van der Waals surface area contributed by atoms with Gasteiger partial charge >= 0.3 is 5.97 Å². The topological polar surface area (TPSA) is 79.3 Å². The molecule has 0 aliphatic rings. The predicted octanol–water partition coefficient (Wildman–Crippen LogP) is 3.29. The maximum Gasteiger partial charge on any atom is 0.328 e. The van der Waals surface area contributed by atoms with Crippen LogP contribution < -0.4 is 5.32 Å². The van der Waals surface area contributed by atoms with Crippen LogP contribution in [0.5, 0.6) is 0 Å². The van der Waals surface area contributed by atoms with Crippen molar-refractivity contribution in [3.63, 3.8) is 0 Å². The van der Waals surface area contributed by atoms with Crippen LogP contribution in [0.15, 0.2) is 30.5 Å². The Morgan fingerprint density at radius 3 is 2.86 bits per heavy atom. The molecule has 21 heavy (non-hydrogen) atoms. The van der Waals surface area contributed by atoms with Gasteiger partial charge in [-0.15, -0.1) is 0 Å². The molecule has 1 amide bonds. The van der Waals surface area contributed by atoms with Crippen LogP contribution in [0.3, 0.4) is 0 Å². The molecule has 0 aliphatic heterocycles. The summed E-state index contributed by atoms with van der Waals surface area (Å²) < 4.78 is 13.6. The van der Waals surface area contributed by atoms with Gasteiger partial charge in [0.05, 0.1) is 5.56 Å². The number of hydrogen-bond donors (Lipinski definition) is 2. The lowest BCUT2D eigenvalue weighted by atomic mass is 10.2. The van der Waals surface area contributed by atoms with E-state index in [0.29, 0.717) is 4.88 Å². The van der Waals surface area contributed by atoms with Gasteiger partial charge in [0.15, 0.2) is 5.13 Å². The molecule has 0 unspecified atom stereocenters. The Kier molecular flexibility index (Phi) is 4.66. The highest BCUT2D eigenvalue weighted by atomic mass is 35.5. The molecule has 0 spiro atoms. The molecule has 0 fully saturated rings. The van der Waals surface area contributed by atoms with Gasteiger partial charge in [-0.3, -0.25) is 10.1 Å². The van der Waals surface area contributed by atoms with E-state index in [2.05, 4.69) is 10.3 Å². The summed E-state index contributed by atoms with van der Waals surface area (Å²) in [5.41, 5.74) is -0.155. The number of halogens is 2. The van der Waals surface area contributed by atoms with Crippen LogP contribution in [0.2, 0.25) is 5.02 Å². The van der Waals surface area contributed by atoms with Crippen molar-refractivity contribution in [2.75, 3.05) is 5.32 Å². The standard InChI is InChI=1S/C13H8ClFN2O3S/c14-7-1-3-9(10(15)5-7)12(20)17-13-16-6-8(21-13)2-4-11(18)19/h1-6H,(H,18,19)(H,16,17,20). The number of hydrogen-bond acceptors (Lipinski definition) is 4. The fourth-order valence-corrected chi connectivity index (χ4v) is 2.29. The Hall–Kier alpha value is -2.25. The van der Waals surface area contributed by atoms with Gasteiger partial charge in [-0.25, -0.2) is 14.2 Å². The SMILES string of the molecule is O=C(O)C=Cc1cnc(NC(=O)c2ccc(Cl)cc2F)s1. The van der Waals surface area contributed by atoms with Gasteiger partial charge in [-0.2, -0.15) is 0 Å². The number of anilines is 1. The first-order valence-electron chi connectivity index (χ1n) is 5.59. The van der Waals surface area contributed by atoms with Crippen molar-refractivity contribution in [1.82, 2.24) is 4.98 Å². The van der Waals surface area contributed by atoms with E-state index in [1.807, 2.05) is 0 Å². The molecular weight excluding hydrogens is 319 g/mol. The summed E-state index contributed by atoms with van der Waals surface area (Å²) in [5.74, 6) is -2.48. The van der Waals surface area contributed by atoms with Crippen molar-refractivity contribution >= 4 is 46.0 Å². The Balaban J connectivity index is 2.11. The number of rotatable bonds is 4. The summed E-state index contributed by atoms with van der Waals surface area (Å²) in [6, 6.07) is 3.72. The molecule has 2 rings (SSSR count). The van der Waals surface area contributed by atoms with Gasteiger partial charge in [-0.1, -0.05) is 22.9 Å². The molecule has 2 N–H and O–H groups in total. The number of nitrogens with one attached hydrogen (secondary N) is 1. The van der Waals surface area contributed by atoms with Crippen molar-refractivity contribution in [3.05, 3.63) is 51.8 Å². The van der Waals surface area contributed by atoms with Crippen molar-refractivity contribution in [2.24, 2.45) is 0 Å². The summed E-state index contributed by atoms with van der Waals surface area (Å²) >= 11 is 6.67. The molecular formula is C13H8ClFN2O3S.